The van der Waals surface area contributed by atoms with E-state index in [1.165, 1.54) is 17.4 Å². The van der Waals surface area contributed by atoms with E-state index in [0.717, 1.165) is 25.7 Å². The van der Waals surface area contributed by atoms with Crippen molar-refractivity contribution in [2.75, 3.05) is 0 Å². The molecule has 0 bridgehead atoms. The second-order valence-corrected chi connectivity index (χ2v) is 6.14. The monoisotopic (exact) mass is 264 g/mol. The van der Waals surface area contributed by atoms with Gasteiger partial charge in [0.05, 0.1) is 11.7 Å². The summed E-state index contributed by atoms with van der Waals surface area (Å²) in [5.41, 5.74) is 2.14. The molecule has 0 rings (SSSR count). The van der Waals surface area contributed by atoms with Crippen molar-refractivity contribution in [1.82, 2.24) is 0 Å². The lowest BCUT2D eigenvalue weighted by molar-refractivity contribution is -0.146. The molecule has 0 atom stereocenters. The van der Waals surface area contributed by atoms with E-state index in [-0.39, 0.29) is 5.97 Å². The molecule has 0 amide bonds. The number of esters is 1. The highest BCUT2D eigenvalue weighted by Crippen LogP contribution is 2.15. The van der Waals surface area contributed by atoms with Crippen LogP contribution < -0.4 is 0 Å². The van der Waals surface area contributed by atoms with E-state index >= 15 is 0 Å². The first-order valence-corrected chi connectivity index (χ1v) is 6.89. The fraction of sp³-hybridized carbons (Fsp3) is 0.588. The van der Waals surface area contributed by atoms with E-state index in [9.17, 15) is 4.79 Å². The molecule has 0 aromatic heterocycles. The van der Waals surface area contributed by atoms with Crippen molar-refractivity contribution in [2.45, 2.75) is 60.3 Å². The quantitative estimate of drug-likeness (QED) is 0.360. The van der Waals surface area contributed by atoms with Crippen LogP contribution in [0.5, 0.6) is 0 Å². The average Bonchev–Trinajstić information content (AvgIpc) is 2.26. The summed E-state index contributed by atoms with van der Waals surface area (Å²) in [4.78, 5) is 11.5. The molecule has 0 unspecified atom stereocenters. The molecule has 0 fully saturated rings. The van der Waals surface area contributed by atoms with Crippen LogP contribution in [0, 0.1) is 5.41 Å². The summed E-state index contributed by atoms with van der Waals surface area (Å²) in [5, 5.41) is 0. The van der Waals surface area contributed by atoms with Gasteiger partial charge in [0, 0.05) is 0 Å². The summed E-state index contributed by atoms with van der Waals surface area (Å²) in [6.07, 6.45) is 9.51. The number of carbonyl (C=O) groups excluding carboxylic acids is 1. The normalized spacial score (nSPS) is 11.4. The smallest absolute Gasteiger partial charge is 0.316 e. The van der Waals surface area contributed by atoms with Crippen LogP contribution >= 0.6 is 0 Å². The fourth-order valence-corrected chi connectivity index (χ4v) is 1.33. The van der Waals surface area contributed by atoms with Crippen molar-refractivity contribution in [3.8, 4) is 0 Å². The molecule has 0 N–H and O–H groups in total. The zero-order chi connectivity index (χ0) is 14.9. The fourth-order valence-electron chi connectivity index (χ4n) is 1.33. The van der Waals surface area contributed by atoms with Gasteiger partial charge in [0.2, 0.25) is 0 Å². The first-order valence-electron chi connectivity index (χ1n) is 6.89. The van der Waals surface area contributed by atoms with Crippen LogP contribution in [0.25, 0.3) is 0 Å². The van der Waals surface area contributed by atoms with Gasteiger partial charge in [-0.1, -0.05) is 23.8 Å². The molecule has 0 aliphatic heterocycles. The van der Waals surface area contributed by atoms with Gasteiger partial charge >= 0.3 is 5.97 Å². The Morgan fingerprint density at radius 2 is 1.74 bits per heavy atom. The lowest BCUT2D eigenvalue weighted by Crippen LogP contribution is -2.20. The maximum Gasteiger partial charge on any atom is 0.316 e. The number of rotatable bonds is 7. The predicted octanol–water partition coefficient (Wildman–Crippen LogP) is 5.17. The Balaban J connectivity index is 3.77. The molecule has 0 heterocycles. The molecule has 0 saturated carbocycles. The van der Waals surface area contributed by atoms with Crippen molar-refractivity contribution in [3.63, 3.8) is 0 Å². The molecule has 2 heteroatoms. The van der Waals surface area contributed by atoms with Crippen molar-refractivity contribution < 1.29 is 9.53 Å². The summed E-state index contributed by atoms with van der Waals surface area (Å²) in [7, 11) is 0. The highest BCUT2D eigenvalue weighted by atomic mass is 16.5. The minimum Gasteiger partial charge on any atom is -0.434 e. The lowest BCUT2D eigenvalue weighted by Gasteiger charge is -2.13. The Bertz CT molecular complexity index is 350. The Morgan fingerprint density at radius 1 is 1.16 bits per heavy atom. The highest BCUT2D eigenvalue weighted by Gasteiger charge is 2.21. The van der Waals surface area contributed by atoms with Crippen LogP contribution in [0.2, 0.25) is 0 Å². The number of ether oxygens (including phenoxy) is 1. The minimum absolute atomic E-state index is 0.203. The molecule has 0 aliphatic rings. The maximum absolute atomic E-state index is 11.5. The van der Waals surface area contributed by atoms with Crippen LogP contribution in [0.15, 0.2) is 36.1 Å². The molecule has 0 aromatic carbocycles. The van der Waals surface area contributed by atoms with Gasteiger partial charge in [0.15, 0.2) is 0 Å². The number of hydrogen-bond acceptors (Lipinski definition) is 2. The van der Waals surface area contributed by atoms with Gasteiger partial charge in [-0.2, -0.15) is 0 Å². The van der Waals surface area contributed by atoms with E-state index in [2.05, 4.69) is 26.5 Å². The van der Waals surface area contributed by atoms with Gasteiger partial charge in [0.25, 0.3) is 0 Å². The standard InChI is InChI=1S/C17H28O2/c1-14(2)10-9-12-15(3)11-7-8-13-19-16(18)17(4,5)6/h8,10,13H,3,7,9,11-12H2,1-2,4-6H3/b13-8-. The van der Waals surface area contributed by atoms with E-state index < -0.39 is 5.41 Å². The van der Waals surface area contributed by atoms with Gasteiger partial charge in [0.1, 0.15) is 0 Å². The molecule has 0 aliphatic carbocycles. The van der Waals surface area contributed by atoms with Crippen LogP contribution in [0.4, 0.5) is 0 Å². The van der Waals surface area contributed by atoms with Crippen molar-refractivity contribution >= 4 is 5.97 Å². The van der Waals surface area contributed by atoms with Gasteiger partial charge in [-0.15, -0.1) is 0 Å². The summed E-state index contributed by atoms with van der Waals surface area (Å²) >= 11 is 0. The molecule has 0 saturated heterocycles. The highest BCUT2D eigenvalue weighted by molar-refractivity contribution is 5.75. The molecule has 0 radical (unpaired) electrons. The van der Waals surface area contributed by atoms with Crippen molar-refractivity contribution in [3.05, 3.63) is 36.1 Å². The minimum atomic E-state index is -0.446. The van der Waals surface area contributed by atoms with Crippen molar-refractivity contribution in [1.29, 1.82) is 0 Å². The van der Waals surface area contributed by atoms with Gasteiger partial charge in [-0.3, -0.25) is 4.79 Å². The molecule has 19 heavy (non-hydrogen) atoms. The zero-order valence-corrected chi connectivity index (χ0v) is 13.1. The Labute approximate surface area is 118 Å². The summed E-state index contributed by atoms with van der Waals surface area (Å²) in [6.45, 7) is 13.8. The molecular formula is C17H28O2. The Hall–Kier alpha value is -1.31. The second-order valence-electron chi connectivity index (χ2n) is 6.14. The van der Waals surface area contributed by atoms with Crippen molar-refractivity contribution in [2.24, 2.45) is 5.41 Å². The van der Waals surface area contributed by atoms with E-state index in [1.807, 2.05) is 26.8 Å². The molecule has 108 valence electrons. The van der Waals surface area contributed by atoms with E-state index in [4.69, 9.17) is 4.74 Å². The Kier molecular flexibility index (Phi) is 8.13. The third-order valence-electron chi connectivity index (χ3n) is 2.60. The second kappa shape index (κ2) is 8.73. The number of hydrogen-bond donors (Lipinski definition) is 0. The molecular weight excluding hydrogens is 236 g/mol. The largest absolute Gasteiger partial charge is 0.434 e. The predicted molar refractivity (Wildman–Crippen MR) is 81.7 cm³/mol. The topological polar surface area (TPSA) is 26.3 Å². The van der Waals surface area contributed by atoms with Crippen LogP contribution in [0.1, 0.15) is 60.3 Å². The van der Waals surface area contributed by atoms with Crippen LogP contribution in [0.3, 0.4) is 0 Å². The lowest BCUT2D eigenvalue weighted by atomic mass is 9.97. The van der Waals surface area contributed by atoms with Gasteiger partial charge in [-0.25, -0.2) is 0 Å². The number of carbonyl (C=O) groups is 1. The van der Waals surface area contributed by atoms with E-state index in [1.54, 1.807) is 0 Å². The molecule has 0 aromatic rings. The Morgan fingerprint density at radius 3 is 2.26 bits per heavy atom. The summed E-state index contributed by atoms with van der Waals surface area (Å²) < 4.78 is 5.04. The summed E-state index contributed by atoms with van der Waals surface area (Å²) in [5.74, 6) is -0.203. The zero-order valence-electron chi connectivity index (χ0n) is 13.1. The third-order valence-corrected chi connectivity index (χ3v) is 2.60. The first-order chi connectivity index (χ1) is 8.73. The molecule has 0 spiro atoms. The van der Waals surface area contributed by atoms with Gasteiger partial charge < -0.3 is 4.74 Å². The average molecular weight is 264 g/mol. The van der Waals surface area contributed by atoms with E-state index in [0.29, 0.717) is 0 Å². The number of allylic oxidation sites excluding steroid dienone is 4. The van der Waals surface area contributed by atoms with Gasteiger partial charge in [-0.05, 0) is 66.4 Å². The molecule has 2 nitrogen and oxygen atoms in total. The first kappa shape index (κ1) is 17.7. The SMILES string of the molecule is C=C(CCC=C(C)C)CC/C=C\OC(=O)C(C)(C)C. The maximum atomic E-state index is 11.5. The summed E-state index contributed by atoms with van der Waals surface area (Å²) in [6, 6.07) is 0. The van der Waals surface area contributed by atoms with Crippen LogP contribution in [-0.2, 0) is 9.53 Å². The third kappa shape index (κ3) is 10.3. The van der Waals surface area contributed by atoms with Crippen LogP contribution in [-0.4, -0.2) is 5.97 Å².